The lowest BCUT2D eigenvalue weighted by atomic mass is 10.2. The lowest BCUT2D eigenvalue weighted by Gasteiger charge is -2.11. The van der Waals surface area contributed by atoms with Gasteiger partial charge in [0.05, 0.1) is 35.3 Å². The molecule has 2 aliphatic rings. The average molecular weight is 477 g/mol. The third-order valence-corrected chi connectivity index (χ3v) is 6.59. The Labute approximate surface area is 192 Å². The molecule has 0 saturated heterocycles. The molecule has 3 rings (SSSR count). The third kappa shape index (κ3) is 4.73. The van der Waals surface area contributed by atoms with Gasteiger partial charge < -0.3 is 14.2 Å². The molecule has 2 aliphatic heterocycles. The summed E-state index contributed by atoms with van der Waals surface area (Å²) in [5.41, 5.74) is 0.194. The first-order valence-corrected chi connectivity index (χ1v) is 11.4. The fourth-order valence-corrected chi connectivity index (χ4v) is 5.23. The van der Waals surface area contributed by atoms with Gasteiger partial charge in [-0.05, 0) is 32.9 Å². The molecule has 0 N–H and O–H groups in total. The first-order valence-electron chi connectivity index (χ1n) is 9.76. The van der Waals surface area contributed by atoms with E-state index in [1.165, 1.54) is 0 Å². The number of carbonyl (C=O) groups excluding carboxylic acids is 4. The summed E-state index contributed by atoms with van der Waals surface area (Å²) in [7, 11) is 0. The molecule has 0 unspecified atom stereocenters. The van der Waals surface area contributed by atoms with Gasteiger partial charge in [0.1, 0.15) is 9.81 Å². The van der Waals surface area contributed by atoms with Gasteiger partial charge in [0, 0.05) is 0 Å². The monoisotopic (exact) mass is 476 g/mol. The van der Waals surface area contributed by atoms with Crippen molar-refractivity contribution in [3.8, 4) is 0 Å². The first-order chi connectivity index (χ1) is 15.4. The summed E-state index contributed by atoms with van der Waals surface area (Å²) in [6, 6.07) is 8.57. The van der Waals surface area contributed by atoms with E-state index in [9.17, 15) is 19.2 Å². The van der Waals surface area contributed by atoms with Crippen LogP contribution in [0.25, 0.3) is 0 Å². The van der Waals surface area contributed by atoms with Gasteiger partial charge in [0.2, 0.25) is 0 Å². The Balaban J connectivity index is 2.06. The van der Waals surface area contributed by atoms with Crippen molar-refractivity contribution in [2.45, 2.75) is 20.8 Å². The maximum Gasteiger partial charge on any atom is 0.359 e. The Morgan fingerprint density at radius 3 is 1.84 bits per heavy atom. The van der Waals surface area contributed by atoms with E-state index in [2.05, 4.69) is 5.10 Å². The van der Waals surface area contributed by atoms with Crippen LogP contribution in [0, 0.1) is 0 Å². The summed E-state index contributed by atoms with van der Waals surface area (Å²) in [5.74, 6) is -2.81. The molecule has 1 aromatic carbocycles. The van der Waals surface area contributed by atoms with Gasteiger partial charge in [-0.1, -0.05) is 41.7 Å². The number of para-hydroxylation sites is 1. The topological polar surface area (TPSA) is 112 Å². The average Bonchev–Trinajstić information content (AvgIpc) is 3.36. The zero-order chi connectivity index (χ0) is 23.3. The molecule has 0 fully saturated rings. The SMILES string of the molecule is CCOC(=O)C1=NN(c2ccccc2)C(=O)C1=C1SC(C(=O)OCC)=C(C(=O)OCC)S1. The summed E-state index contributed by atoms with van der Waals surface area (Å²) in [5, 5.41) is 5.27. The van der Waals surface area contributed by atoms with Crippen molar-refractivity contribution < 1.29 is 33.4 Å². The minimum absolute atomic E-state index is 0.00744. The van der Waals surface area contributed by atoms with Crippen molar-refractivity contribution in [3.63, 3.8) is 0 Å². The fraction of sp³-hybridized carbons (Fsp3) is 0.286. The molecular formula is C21H20N2O7S2. The number of anilines is 1. The molecule has 0 bridgehead atoms. The molecule has 9 nitrogen and oxygen atoms in total. The van der Waals surface area contributed by atoms with Crippen LogP contribution in [-0.4, -0.2) is 49.3 Å². The molecule has 32 heavy (non-hydrogen) atoms. The van der Waals surface area contributed by atoms with Crippen molar-refractivity contribution in [1.29, 1.82) is 0 Å². The summed E-state index contributed by atoms with van der Waals surface area (Å²) in [4.78, 5) is 50.8. The number of nitrogens with zero attached hydrogens (tertiary/aromatic N) is 2. The van der Waals surface area contributed by atoms with Gasteiger partial charge in [0.15, 0.2) is 5.71 Å². The second-order valence-corrected chi connectivity index (χ2v) is 8.39. The molecule has 1 aromatic rings. The number of esters is 3. The number of amides is 1. The fourth-order valence-electron chi connectivity index (χ4n) is 2.74. The highest BCUT2D eigenvalue weighted by Crippen LogP contribution is 2.52. The summed E-state index contributed by atoms with van der Waals surface area (Å²) in [6.07, 6.45) is 0. The number of hydrogen-bond donors (Lipinski definition) is 0. The molecule has 0 saturated carbocycles. The van der Waals surface area contributed by atoms with Crippen LogP contribution in [-0.2, 0) is 33.4 Å². The summed E-state index contributed by atoms with van der Waals surface area (Å²) in [6.45, 7) is 5.20. The second kappa shape index (κ2) is 10.5. The highest BCUT2D eigenvalue weighted by molar-refractivity contribution is 8.29. The number of hydrazone groups is 1. The minimum Gasteiger partial charge on any atom is -0.462 e. The Kier molecular flexibility index (Phi) is 7.75. The number of hydrogen-bond acceptors (Lipinski definition) is 10. The third-order valence-electron chi connectivity index (χ3n) is 4.03. The van der Waals surface area contributed by atoms with Crippen LogP contribution in [0.2, 0.25) is 0 Å². The van der Waals surface area contributed by atoms with Crippen molar-refractivity contribution in [2.75, 3.05) is 24.8 Å². The highest BCUT2D eigenvalue weighted by Gasteiger charge is 2.43. The molecule has 168 valence electrons. The zero-order valence-corrected chi connectivity index (χ0v) is 19.2. The van der Waals surface area contributed by atoms with Crippen molar-refractivity contribution >= 4 is 58.7 Å². The standard InChI is InChI=1S/C21H20N2O7S2/c1-4-28-18(25)14-13(17(24)23(22-14)12-10-8-7-9-11-12)21-31-15(19(26)29-5-2)16(32-21)20(27)30-6-3/h7-11H,4-6H2,1-3H3. The Morgan fingerprint density at radius 2 is 1.34 bits per heavy atom. The maximum atomic E-state index is 13.3. The van der Waals surface area contributed by atoms with Crippen LogP contribution in [0.3, 0.4) is 0 Å². The number of benzene rings is 1. The maximum absolute atomic E-state index is 13.3. The van der Waals surface area contributed by atoms with Crippen molar-refractivity contribution in [1.82, 2.24) is 0 Å². The molecule has 0 aliphatic carbocycles. The molecular weight excluding hydrogens is 456 g/mol. The smallest absolute Gasteiger partial charge is 0.359 e. The molecule has 0 spiro atoms. The molecule has 2 heterocycles. The second-order valence-electron chi connectivity index (χ2n) is 6.09. The number of thioether (sulfide) groups is 2. The van der Waals surface area contributed by atoms with E-state index in [4.69, 9.17) is 14.2 Å². The normalized spacial score (nSPS) is 15.8. The van der Waals surface area contributed by atoms with E-state index in [0.717, 1.165) is 28.5 Å². The molecule has 0 aromatic heterocycles. The van der Waals surface area contributed by atoms with Crippen LogP contribution >= 0.6 is 23.5 Å². The predicted octanol–water partition coefficient (Wildman–Crippen LogP) is 2.98. The summed E-state index contributed by atoms with van der Waals surface area (Å²) >= 11 is 1.74. The van der Waals surface area contributed by atoms with Crippen molar-refractivity contribution in [2.24, 2.45) is 5.10 Å². The van der Waals surface area contributed by atoms with Gasteiger partial charge >= 0.3 is 17.9 Å². The van der Waals surface area contributed by atoms with Gasteiger partial charge in [-0.2, -0.15) is 10.1 Å². The van der Waals surface area contributed by atoms with Gasteiger partial charge in [0.25, 0.3) is 5.91 Å². The van der Waals surface area contributed by atoms with Gasteiger partial charge in [-0.25, -0.2) is 14.4 Å². The Bertz CT molecular complexity index is 1020. The van der Waals surface area contributed by atoms with E-state index in [1.54, 1.807) is 51.1 Å². The largest absolute Gasteiger partial charge is 0.462 e. The van der Waals surface area contributed by atoms with Gasteiger partial charge in [-0.15, -0.1) is 0 Å². The molecule has 1 amide bonds. The Hall–Kier alpha value is -3.05. The van der Waals surface area contributed by atoms with Crippen LogP contribution in [0.4, 0.5) is 5.69 Å². The Morgan fingerprint density at radius 1 is 0.844 bits per heavy atom. The lowest BCUT2D eigenvalue weighted by molar-refractivity contribution is -0.140. The van der Waals surface area contributed by atoms with E-state index in [-0.39, 0.29) is 45.2 Å². The van der Waals surface area contributed by atoms with E-state index in [0.29, 0.717) is 5.69 Å². The van der Waals surface area contributed by atoms with Crippen LogP contribution in [0.5, 0.6) is 0 Å². The van der Waals surface area contributed by atoms with E-state index in [1.807, 2.05) is 0 Å². The number of ether oxygens (including phenoxy) is 3. The number of rotatable bonds is 7. The predicted molar refractivity (Wildman–Crippen MR) is 120 cm³/mol. The van der Waals surface area contributed by atoms with Crippen LogP contribution in [0.15, 0.2) is 55.1 Å². The van der Waals surface area contributed by atoms with E-state index >= 15 is 0 Å². The molecule has 11 heteroatoms. The van der Waals surface area contributed by atoms with Crippen LogP contribution < -0.4 is 5.01 Å². The molecule has 0 radical (unpaired) electrons. The summed E-state index contributed by atoms with van der Waals surface area (Å²) < 4.78 is 15.4. The number of carbonyl (C=O) groups is 4. The zero-order valence-electron chi connectivity index (χ0n) is 17.6. The minimum atomic E-state index is -0.787. The van der Waals surface area contributed by atoms with E-state index < -0.39 is 23.8 Å². The molecule has 0 atom stereocenters. The lowest BCUT2D eigenvalue weighted by Crippen LogP contribution is -2.23. The highest BCUT2D eigenvalue weighted by atomic mass is 32.2. The van der Waals surface area contributed by atoms with Crippen LogP contribution in [0.1, 0.15) is 20.8 Å². The van der Waals surface area contributed by atoms with Crippen molar-refractivity contribution in [3.05, 3.63) is 50.0 Å². The quantitative estimate of drug-likeness (QED) is 0.333. The first kappa shape index (κ1) is 23.6. The van der Waals surface area contributed by atoms with Gasteiger partial charge in [-0.3, -0.25) is 4.79 Å².